The summed E-state index contributed by atoms with van der Waals surface area (Å²) in [4.78, 5) is 21.1. The van der Waals surface area contributed by atoms with Crippen molar-refractivity contribution < 1.29 is 18.3 Å². The largest absolute Gasteiger partial charge is 0.493 e. The molecule has 0 atom stereocenters. The summed E-state index contributed by atoms with van der Waals surface area (Å²) in [6.07, 6.45) is 3.52. The molecule has 0 amide bonds. The minimum absolute atomic E-state index is 0.0593. The Morgan fingerprint density at radius 3 is 2.59 bits per heavy atom. The van der Waals surface area contributed by atoms with Crippen LogP contribution in [0.2, 0.25) is 0 Å². The predicted molar refractivity (Wildman–Crippen MR) is 144 cm³/mol. The maximum absolute atomic E-state index is 15.7. The molecule has 0 spiro atoms. The lowest BCUT2D eigenvalue weighted by Gasteiger charge is -2.37. The van der Waals surface area contributed by atoms with Crippen molar-refractivity contribution >= 4 is 33.9 Å². The van der Waals surface area contributed by atoms with Gasteiger partial charge in [0.2, 0.25) is 0 Å². The SMILES string of the molecule is [B]C([B])(c1ncccc1C=O)N(C)Cc1c(F)cc(-c2ccc(F)c(N)c2C=NC)cc1OCC(C)C. The Labute approximate surface area is 218 Å². The number of pyridine rings is 1. The second kappa shape index (κ2) is 11.7. The number of nitrogens with two attached hydrogens (primary N) is 1. The van der Waals surface area contributed by atoms with Gasteiger partial charge in [-0.15, -0.1) is 0 Å². The Morgan fingerprint density at radius 2 is 1.95 bits per heavy atom. The first-order valence-electron chi connectivity index (χ1n) is 11.7. The normalized spacial score (nSPS) is 12.0. The number of aromatic nitrogens is 1. The van der Waals surface area contributed by atoms with Gasteiger partial charge in [-0.1, -0.05) is 19.9 Å². The highest BCUT2D eigenvalue weighted by Gasteiger charge is 2.30. The lowest BCUT2D eigenvalue weighted by molar-refractivity contribution is 0.111. The predicted octanol–water partition coefficient (Wildman–Crippen LogP) is 4.08. The Balaban J connectivity index is 2.10. The zero-order chi connectivity index (χ0) is 27.3. The van der Waals surface area contributed by atoms with Gasteiger partial charge < -0.3 is 15.4 Å². The lowest BCUT2D eigenvalue weighted by atomic mass is 9.58. The molecule has 10 heteroatoms. The van der Waals surface area contributed by atoms with Crippen LogP contribution in [0.15, 0.2) is 47.6 Å². The van der Waals surface area contributed by atoms with E-state index in [1.165, 1.54) is 42.6 Å². The minimum Gasteiger partial charge on any atom is -0.493 e. The number of ether oxygens (including phenoxy) is 1. The summed E-state index contributed by atoms with van der Waals surface area (Å²) < 4.78 is 35.9. The van der Waals surface area contributed by atoms with E-state index in [0.29, 0.717) is 29.6 Å². The van der Waals surface area contributed by atoms with Crippen molar-refractivity contribution in [3.63, 3.8) is 0 Å². The van der Waals surface area contributed by atoms with Gasteiger partial charge in [-0.05, 0) is 59.8 Å². The second-order valence-corrected chi connectivity index (χ2v) is 9.19. The summed E-state index contributed by atoms with van der Waals surface area (Å²) in [7, 11) is 15.9. The molecule has 0 saturated heterocycles. The number of hydrogen-bond donors (Lipinski definition) is 1. The number of anilines is 1. The van der Waals surface area contributed by atoms with E-state index in [-0.39, 0.29) is 40.7 Å². The third-order valence-corrected chi connectivity index (χ3v) is 5.90. The molecular weight excluding hydrogens is 472 g/mol. The topological polar surface area (TPSA) is 80.8 Å². The molecule has 0 saturated carbocycles. The first-order chi connectivity index (χ1) is 17.5. The standard InChI is InChI=1S/C27H28B2F2N4O2/c1-16(2)15-37-24-11-18(19-7-8-22(30)25(32)20(19)12-33-3)10-23(31)21(24)13-35(4)27(28,29)26-17(14-36)6-5-9-34-26/h5-12,14,16H,13,15,32H2,1-4H3. The van der Waals surface area contributed by atoms with Crippen molar-refractivity contribution in [2.75, 3.05) is 26.4 Å². The van der Waals surface area contributed by atoms with Crippen LogP contribution in [0.5, 0.6) is 5.75 Å². The van der Waals surface area contributed by atoms with Crippen molar-refractivity contribution in [1.29, 1.82) is 0 Å². The van der Waals surface area contributed by atoms with Crippen molar-refractivity contribution in [2.45, 2.75) is 25.7 Å². The van der Waals surface area contributed by atoms with Crippen LogP contribution in [-0.2, 0) is 11.9 Å². The Morgan fingerprint density at radius 1 is 1.22 bits per heavy atom. The number of halogens is 2. The van der Waals surface area contributed by atoms with Crippen molar-refractivity contribution in [3.05, 3.63) is 76.6 Å². The number of rotatable bonds is 10. The number of hydrogen-bond acceptors (Lipinski definition) is 6. The molecule has 0 aliphatic carbocycles. The van der Waals surface area contributed by atoms with Crippen molar-refractivity contribution in [1.82, 2.24) is 9.88 Å². The number of nitrogens with zero attached hydrogens (tertiary/aromatic N) is 3. The maximum atomic E-state index is 15.7. The van der Waals surface area contributed by atoms with Gasteiger partial charge in [0, 0.05) is 42.7 Å². The molecule has 2 aromatic carbocycles. The van der Waals surface area contributed by atoms with Gasteiger partial charge in [0.05, 0.1) is 33.7 Å². The highest BCUT2D eigenvalue weighted by Crippen LogP contribution is 2.36. The van der Waals surface area contributed by atoms with Gasteiger partial charge in [-0.25, -0.2) is 8.78 Å². The highest BCUT2D eigenvalue weighted by molar-refractivity contribution is 6.39. The maximum Gasteiger partial charge on any atom is 0.151 e. The molecule has 4 radical (unpaired) electrons. The first-order valence-corrected chi connectivity index (χ1v) is 11.7. The molecule has 0 aliphatic rings. The number of benzene rings is 2. The molecule has 3 rings (SSSR count). The fraction of sp³-hybridized carbons (Fsp3) is 0.296. The van der Waals surface area contributed by atoms with E-state index in [2.05, 4.69) is 9.98 Å². The Kier molecular flexibility index (Phi) is 8.86. The second-order valence-electron chi connectivity index (χ2n) is 9.19. The quantitative estimate of drug-likeness (QED) is 0.197. The average molecular weight is 500 g/mol. The van der Waals surface area contributed by atoms with Gasteiger partial charge in [0.15, 0.2) is 6.29 Å². The molecule has 1 heterocycles. The van der Waals surface area contributed by atoms with Gasteiger partial charge >= 0.3 is 0 Å². The zero-order valence-corrected chi connectivity index (χ0v) is 21.3. The molecule has 1 aromatic heterocycles. The highest BCUT2D eigenvalue weighted by atomic mass is 19.1. The summed E-state index contributed by atoms with van der Waals surface area (Å²) in [6.45, 7) is 4.20. The van der Waals surface area contributed by atoms with E-state index in [4.69, 9.17) is 26.2 Å². The fourth-order valence-corrected chi connectivity index (χ4v) is 3.83. The van der Waals surface area contributed by atoms with Gasteiger partial charge in [-0.3, -0.25) is 14.8 Å². The molecule has 6 nitrogen and oxygen atoms in total. The van der Waals surface area contributed by atoms with Crippen molar-refractivity contribution in [3.8, 4) is 16.9 Å². The minimum atomic E-state index is -1.69. The number of aliphatic imine (C=N–C) groups is 1. The van der Waals surface area contributed by atoms with E-state index in [0.717, 1.165) is 0 Å². The Bertz CT molecular complexity index is 1320. The molecule has 0 fully saturated rings. The van der Waals surface area contributed by atoms with Crippen LogP contribution >= 0.6 is 0 Å². The van der Waals surface area contributed by atoms with E-state index < -0.39 is 17.0 Å². The molecule has 0 bridgehead atoms. The monoisotopic (exact) mass is 500 g/mol. The van der Waals surface area contributed by atoms with E-state index >= 15 is 4.39 Å². The number of nitrogen functional groups attached to an aromatic ring is 1. The molecular formula is C27H28B2F2N4O2. The number of aldehydes is 1. The smallest absolute Gasteiger partial charge is 0.151 e. The van der Waals surface area contributed by atoms with Crippen LogP contribution in [0.3, 0.4) is 0 Å². The third kappa shape index (κ3) is 6.07. The summed E-state index contributed by atoms with van der Waals surface area (Å²) in [5.74, 6) is -0.753. The summed E-state index contributed by atoms with van der Waals surface area (Å²) in [5, 5.41) is -1.69. The van der Waals surface area contributed by atoms with E-state index in [1.807, 2.05) is 13.8 Å². The molecule has 2 N–H and O–H groups in total. The summed E-state index contributed by atoms with van der Waals surface area (Å²) in [5.41, 5.74) is 7.71. The molecule has 0 aliphatic heterocycles. The van der Waals surface area contributed by atoms with Crippen LogP contribution in [0.25, 0.3) is 11.1 Å². The van der Waals surface area contributed by atoms with Crippen molar-refractivity contribution in [2.24, 2.45) is 10.9 Å². The summed E-state index contributed by atoms with van der Waals surface area (Å²) >= 11 is 0. The fourth-order valence-electron chi connectivity index (χ4n) is 3.83. The van der Waals surface area contributed by atoms with Crippen LogP contribution in [0.1, 0.15) is 41.0 Å². The number of carbonyl (C=O) groups is 1. The molecule has 0 unspecified atom stereocenters. The third-order valence-electron chi connectivity index (χ3n) is 5.90. The van der Waals surface area contributed by atoms with Crippen LogP contribution in [0, 0.1) is 17.6 Å². The van der Waals surface area contributed by atoms with Crippen LogP contribution in [-0.4, -0.2) is 58.8 Å². The Hall–Kier alpha value is -3.52. The van der Waals surface area contributed by atoms with Gasteiger partial charge in [0.1, 0.15) is 17.4 Å². The molecule has 37 heavy (non-hydrogen) atoms. The number of carbonyl (C=O) groups excluding carboxylic acids is 1. The lowest BCUT2D eigenvalue weighted by Crippen LogP contribution is -2.46. The van der Waals surface area contributed by atoms with E-state index in [1.54, 1.807) is 25.2 Å². The van der Waals surface area contributed by atoms with Gasteiger partial charge in [-0.2, -0.15) is 0 Å². The van der Waals surface area contributed by atoms with Crippen LogP contribution < -0.4 is 10.5 Å². The zero-order valence-electron chi connectivity index (χ0n) is 21.3. The molecule has 188 valence electrons. The first kappa shape index (κ1) is 28.1. The molecule has 3 aromatic rings. The van der Waals surface area contributed by atoms with Crippen LogP contribution in [0.4, 0.5) is 14.5 Å². The van der Waals surface area contributed by atoms with E-state index in [9.17, 15) is 9.18 Å². The average Bonchev–Trinajstić information content (AvgIpc) is 2.86. The summed E-state index contributed by atoms with van der Waals surface area (Å²) in [6, 6.07) is 8.87. The van der Waals surface area contributed by atoms with Gasteiger partial charge in [0.25, 0.3) is 0 Å².